The second-order valence-corrected chi connectivity index (χ2v) is 9.90. The van der Waals surface area contributed by atoms with Crippen LogP contribution in [0.3, 0.4) is 0 Å². The number of benzene rings is 1. The summed E-state index contributed by atoms with van der Waals surface area (Å²) in [5, 5.41) is 11.5. The highest BCUT2D eigenvalue weighted by atomic mass is 16.3. The van der Waals surface area contributed by atoms with E-state index in [-0.39, 0.29) is 5.41 Å². The fraction of sp³-hybridized carbons (Fsp3) is 0.519. The molecule has 0 radical (unpaired) electrons. The Morgan fingerprint density at radius 1 is 1.03 bits per heavy atom. The number of aliphatic hydroxyl groups is 1. The third kappa shape index (κ3) is 4.21. The fourth-order valence-corrected chi connectivity index (χ4v) is 6.05. The lowest BCUT2D eigenvalue weighted by atomic mass is 9.71. The number of fused-ring (bicyclic) bond motifs is 1. The molecule has 0 aliphatic carbocycles. The van der Waals surface area contributed by atoms with Crippen LogP contribution in [-0.2, 0) is 19.6 Å². The molecule has 32 heavy (non-hydrogen) atoms. The first-order valence-electron chi connectivity index (χ1n) is 12.2. The summed E-state index contributed by atoms with van der Waals surface area (Å²) in [4.78, 5) is 9.82. The lowest BCUT2D eigenvalue weighted by Crippen LogP contribution is -2.44. The number of rotatable bonds is 7. The quantitative estimate of drug-likeness (QED) is 0.609. The highest BCUT2D eigenvalue weighted by molar-refractivity contribution is 5.80. The summed E-state index contributed by atoms with van der Waals surface area (Å²) in [5.74, 6) is 0.393. The van der Waals surface area contributed by atoms with Gasteiger partial charge in [-0.3, -0.25) is 9.80 Å². The summed E-state index contributed by atoms with van der Waals surface area (Å²) in [6.07, 6.45) is 7.69. The molecule has 2 fully saturated rings. The van der Waals surface area contributed by atoms with Crippen molar-refractivity contribution in [2.24, 2.45) is 11.3 Å². The largest absolute Gasteiger partial charge is 0.396 e. The minimum Gasteiger partial charge on any atom is -0.396 e. The summed E-state index contributed by atoms with van der Waals surface area (Å²) in [7, 11) is 0. The van der Waals surface area contributed by atoms with Crippen LogP contribution in [0.4, 0.5) is 0 Å². The van der Waals surface area contributed by atoms with Crippen molar-refractivity contribution in [1.29, 1.82) is 0 Å². The maximum atomic E-state index is 10.2. The predicted octanol–water partition coefficient (Wildman–Crippen LogP) is 4.15. The van der Waals surface area contributed by atoms with Gasteiger partial charge in [-0.05, 0) is 61.0 Å². The summed E-state index contributed by atoms with van der Waals surface area (Å²) < 4.78 is 2.32. The first-order valence-corrected chi connectivity index (χ1v) is 12.2. The molecule has 2 aliphatic rings. The highest BCUT2D eigenvalue weighted by Crippen LogP contribution is 2.45. The van der Waals surface area contributed by atoms with Gasteiger partial charge in [0, 0.05) is 63.0 Å². The van der Waals surface area contributed by atoms with E-state index < -0.39 is 0 Å². The van der Waals surface area contributed by atoms with E-state index >= 15 is 0 Å². The van der Waals surface area contributed by atoms with Crippen molar-refractivity contribution < 1.29 is 5.11 Å². The molecule has 170 valence electrons. The van der Waals surface area contributed by atoms with Crippen molar-refractivity contribution in [2.75, 3.05) is 32.8 Å². The van der Waals surface area contributed by atoms with Gasteiger partial charge in [0.05, 0.1) is 0 Å². The molecule has 5 heteroatoms. The van der Waals surface area contributed by atoms with Crippen LogP contribution in [0, 0.1) is 11.3 Å². The van der Waals surface area contributed by atoms with Crippen LogP contribution in [0.5, 0.6) is 0 Å². The van der Waals surface area contributed by atoms with E-state index in [1.54, 1.807) is 0 Å². The number of hydrogen-bond acceptors (Lipinski definition) is 4. The molecule has 1 spiro atoms. The number of aliphatic hydroxyl groups excluding tert-OH is 1. The maximum Gasteiger partial charge on any atom is 0.140 e. The van der Waals surface area contributed by atoms with Gasteiger partial charge >= 0.3 is 0 Å². The van der Waals surface area contributed by atoms with Gasteiger partial charge in [0.2, 0.25) is 0 Å². The van der Waals surface area contributed by atoms with Crippen molar-refractivity contribution in [2.45, 2.75) is 45.8 Å². The molecule has 1 aromatic carbocycles. The second kappa shape index (κ2) is 9.34. The van der Waals surface area contributed by atoms with Gasteiger partial charge in [-0.25, -0.2) is 4.98 Å². The third-order valence-electron chi connectivity index (χ3n) is 7.78. The molecule has 1 unspecified atom stereocenters. The maximum absolute atomic E-state index is 10.2. The van der Waals surface area contributed by atoms with Gasteiger partial charge in [0.1, 0.15) is 5.65 Å². The van der Waals surface area contributed by atoms with Crippen molar-refractivity contribution in [1.82, 2.24) is 19.4 Å². The minimum atomic E-state index is 0.262. The molecule has 1 N–H and O–H groups in total. The summed E-state index contributed by atoms with van der Waals surface area (Å²) >= 11 is 0. The van der Waals surface area contributed by atoms with Crippen LogP contribution < -0.4 is 0 Å². The van der Waals surface area contributed by atoms with Crippen LogP contribution >= 0.6 is 0 Å². The monoisotopic (exact) mass is 432 g/mol. The van der Waals surface area contributed by atoms with E-state index in [1.807, 2.05) is 6.20 Å². The second-order valence-electron chi connectivity index (χ2n) is 9.90. The summed E-state index contributed by atoms with van der Waals surface area (Å²) in [6, 6.07) is 15.0. The van der Waals surface area contributed by atoms with E-state index in [4.69, 9.17) is 0 Å². The molecule has 5 rings (SSSR count). The van der Waals surface area contributed by atoms with Gasteiger partial charge in [-0.2, -0.15) is 0 Å². The molecule has 0 amide bonds. The molecular weight excluding hydrogens is 396 g/mol. The zero-order valence-electron chi connectivity index (χ0n) is 19.3. The van der Waals surface area contributed by atoms with Gasteiger partial charge < -0.3 is 9.67 Å². The normalized spacial score (nSPS) is 21.6. The topological polar surface area (TPSA) is 44.5 Å². The number of likely N-dealkylation sites (tertiary alicyclic amines) is 2. The Balaban J connectivity index is 1.25. The van der Waals surface area contributed by atoms with Crippen LogP contribution in [0.2, 0.25) is 0 Å². The number of hydrogen-bond donors (Lipinski definition) is 1. The first kappa shape index (κ1) is 21.6. The number of aromatic nitrogens is 2. The van der Waals surface area contributed by atoms with Crippen molar-refractivity contribution in [3.8, 4) is 0 Å². The van der Waals surface area contributed by atoms with E-state index in [0.29, 0.717) is 12.5 Å². The molecule has 0 bridgehead atoms. The van der Waals surface area contributed by atoms with E-state index in [2.05, 4.69) is 74.9 Å². The third-order valence-corrected chi connectivity index (χ3v) is 7.78. The first-order chi connectivity index (χ1) is 15.7. The Labute approximate surface area is 191 Å². The van der Waals surface area contributed by atoms with E-state index in [1.165, 1.54) is 29.4 Å². The van der Waals surface area contributed by atoms with Gasteiger partial charge in [-0.1, -0.05) is 37.3 Å². The summed E-state index contributed by atoms with van der Waals surface area (Å²) in [5.41, 5.74) is 4.15. The average Bonchev–Trinajstić information content (AvgIpc) is 3.34. The zero-order chi connectivity index (χ0) is 22.0. The fourth-order valence-electron chi connectivity index (χ4n) is 6.05. The standard InChI is InChI=1S/C27H36N4O/c1-2-13-31-18-23(25-9-6-12-28-26(25)31)17-29-14-10-27(11-15-29)21-30(19-24(27)20-32)16-22-7-4-3-5-8-22/h3-9,12,18,24,32H,2,10-11,13-17,19-21H2,1H3. The molecule has 3 aromatic rings. The lowest BCUT2D eigenvalue weighted by molar-refractivity contribution is 0.0483. The summed E-state index contributed by atoms with van der Waals surface area (Å²) in [6.45, 7) is 9.88. The zero-order valence-corrected chi connectivity index (χ0v) is 19.3. The SMILES string of the molecule is CCCn1cc(CN2CCC3(CC2)CN(Cc2ccccc2)CC3CO)c2cccnc21. The Hall–Kier alpha value is -2.21. The van der Waals surface area contributed by atoms with Crippen LogP contribution in [0.25, 0.3) is 11.0 Å². The Kier molecular flexibility index (Phi) is 6.31. The Morgan fingerprint density at radius 2 is 1.84 bits per heavy atom. The highest BCUT2D eigenvalue weighted by Gasteiger charge is 2.47. The Morgan fingerprint density at radius 3 is 2.59 bits per heavy atom. The number of nitrogens with zero attached hydrogens (tertiary/aromatic N) is 4. The molecule has 2 aliphatic heterocycles. The van der Waals surface area contributed by atoms with E-state index in [9.17, 15) is 5.11 Å². The van der Waals surface area contributed by atoms with Crippen LogP contribution in [0.15, 0.2) is 54.9 Å². The van der Waals surface area contributed by atoms with Gasteiger partial charge in [0.25, 0.3) is 0 Å². The minimum absolute atomic E-state index is 0.262. The number of piperidine rings is 1. The molecule has 0 saturated carbocycles. The molecular formula is C27H36N4O. The number of aryl methyl sites for hydroxylation is 1. The molecule has 4 heterocycles. The van der Waals surface area contributed by atoms with Gasteiger partial charge in [0.15, 0.2) is 0 Å². The van der Waals surface area contributed by atoms with Crippen molar-refractivity contribution >= 4 is 11.0 Å². The number of pyridine rings is 1. The van der Waals surface area contributed by atoms with Crippen molar-refractivity contribution in [3.05, 3.63) is 66.0 Å². The average molecular weight is 433 g/mol. The smallest absolute Gasteiger partial charge is 0.140 e. The van der Waals surface area contributed by atoms with Crippen LogP contribution in [-0.4, -0.2) is 57.2 Å². The lowest BCUT2D eigenvalue weighted by Gasteiger charge is -2.42. The Bertz CT molecular complexity index is 1020. The molecule has 1 atom stereocenters. The molecule has 5 nitrogen and oxygen atoms in total. The van der Waals surface area contributed by atoms with Crippen molar-refractivity contribution in [3.63, 3.8) is 0 Å². The molecule has 2 saturated heterocycles. The van der Waals surface area contributed by atoms with Crippen LogP contribution in [0.1, 0.15) is 37.3 Å². The predicted molar refractivity (Wildman–Crippen MR) is 129 cm³/mol. The molecule has 2 aromatic heterocycles. The van der Waals surface area contributed by atoms with E-state index in [0.717, 1.165) is 57.9 Å². The van der Waals surface area contributed by atoms with Gasteiger partial charge in [-0.15, -0.1) is 0 Å².